The fourth-order valence-electron chi connectivity index (χ4n) is 2.98. The van der Waals surface area contributed by atoms with Crippen LogP contribution in [0.5, 0.6) is 0 Å². The van der Waals surface area contributed by atoms with Crippen molar-refractivity contribution in [2.45, 2.75) is 45.7 Å². The lowest BCUT2D eigenvalue weighted by molar-refractivity contribution is -0.116. The molecule has 0 aromatic heterocycles. The van der Waals surface area contributed by atoms with Gasteiger partial charge < -0.3 is 16.0 Å². The minimum atomic E-state index is 0.0846. The van der Waals surface area contributed by atoms with E-state index in [1.807, 2.05) is 24.3 Å². The molecule has 4 nitrogen and oxygen atoms in total. The van der Waals surface area contributed by atoms with E-state index in [1.165, 1.54) is 12.8 Å². The number of nitrogens with two attached hydrogens (primary N) is 1. The van der Waals surface area contributed by atoms with E-state index in [4.69, 9.17) is 5.73 Å². The van der Waals surface area contributed by atoms with Gasteiger partial charge in [0.25, 0.3) is 0 Å². The number of hydrogen-bond acceptors (Lipinski definition) is 3. The Bertz CT molecular complexity index is 458. The van der Waals surface area contributed by atoms with Crippen molar-refractivity contribution in [3.63, 3.8) is 0 Å². The smallest absolute Gasteiger partial charge is 0.225 e. The zero-order valence-electron chi connectivity index (χ0n) is 13.1. The van der Waals surface area contributed by atoms with E-state index in [2.05, 4.69) is 24.1 Å². The van der Waals surface area contributed by atoms with E-state index in [9.17, 15) is 4.79 Å². The lowest BCUT2D eigenvalue weighted by Gasteiger charge is -2.36. The van der Waals surface area contributed by atoms with Crippen LogP contribution in [0.25, 0.3) is 0 Å². The third-order valence-corrected chi connectivity index (χ3v) is 4.38. The molecule has 0 bridgehead atoms. The highest BCUT2D eigenvalue weighted by atomic mass is 16.1. The average molecular weight is 289 g/mol. The van der Waals surface area contributed by atoms with E-state index in [0.29, 0.717) is 19.0 Å². The fourth-order valence-corrected chi connectivity index (χ4v) is 2.98. The van der Waals surface area contributed by atoms with Crippen molar-refractivity contribution in [3.8, 4) is 0 Å². The number of benzene rings is 1. The molecule has 0 spiro atoms. The summed E-state index contributed by atoms with van der Waals surface area (Å²) in [6.45, 7) is 7.06. The predicted molar refractivity (Wildman–Crippen MR) is 87.0 cm³/mol. The number of piperidine rings is 1. The molecule has 1 aromatic carbocycles. The lowest BCUT2D eigenvalue weighted by atomic mass is 9.93. The molecule has 2 unspecified atom stereocenters. The second-order valence-electron chi connectivity index (χ2n) is 6.21. The zero-order valence-corrected chi connectivity index (χ0v) is 13.1. The summed E-state index contributed by atoms with van der Waals surface area (Å²) in [6.07, 6.45) is 3.03. The second kappa shape index (κ2) is 7.57. The molecular formula is C17H27N3O. The van der Waals surface area contributed by atoms with Crippen LogP contribution in [0.1, 0.15) is 38.7 Å². The molecule has 2 rings (SSSR count). The second-order valence-corrected chi connectivity index (χ2v) is 6.21. The van der Waals surface area contributed by atoms with Crippen LogP contribution in [-0.4, -0.2) is 29.9 Å². The summed E-state index contributed by atoms with van der Waals surface area (Å²) >= 11 is 0. The first-order valence-corrected chi connectivity index (χ1v) is 7.91. The lowest BCUT2D eigenvalue weighted by Crippen LogP contribution is -2.41. The number of rotatable bonds is 5. The molecule has 1 heterocycles. The number of carbonyl (C=O) groups is 1. The van der Waals surface area contributed by atoms with Gasteiger partial charge in [-0.25, -0.2) is 0 Å². The van der Waals surface area contributed by atoms with Crippen LogP contribution in [0.3, 0.4) is 0 Å². The van der Waals surface area contributed by atoms with E-state index in [0.717, 1.165) is 30.3 Å². The topological polar surface area (TPSA) is 58.4 Å². The van der Waals surface area contributed by atoms with Crippen molar-refractivity contribution in [3.05, 3.63) is 29.8 Å². The number of nitrogens with zero attached hydrogens (tertiary/aromatic N) is 1. The average Bonchev–Trinajstić information content (AvgIpc) is 2.47. The molecule has 1 aliphatic heterocycles. The molecule has 1 fully saturated rings. The Kier molecular flexibility index (Phi) is 5.76. The SMILES string of the molecule is CC1CCN(CCC(=O)Nc2ccc(CN)cc2)C(C)C1. The maximum absolute atomic E-state index is 12.0. The Morgan fingerprint density at radius 2 is 2.05 bits per heavy atom. The summed E-state index contributed by atoms with van der Waals surface area (Å²) in [4.78, 5) is 14.4. The number of amides is 1. The number of carbonyl (C=O) groups excluding carboxylic acids is 1. The Balaban J connectivity index is 1.76. The summed E-state index contributed by atoms with van der Waals surface area (Å²) in [6, 6.07) is 8.30. The molecule has 0 radical (unpaired) electrons. The molecule has 116 valence electrons. The van der Waals surface area contributed by atoms with Crippen molar-refractivity contribution >= 4 is 11.6 Å². The van der Waals surface area contributed by atoms with Gasteiger partial charge in [0.1, 0.15) is 0 Å². The summed E-state index contributed by atoms with van der Waals surface area (Å²) in [5.74, 6) is 0.896. The quantitative estimate of drug-likeness (QED) is 0.876. The minimum absolute atomic E-state index is 0.0846. The molecule has 3 N–H and O–H groups in total. The van der Waals surface area contributed by atoms with Crippen LogP contribution in [0.4, 0.5) is 5.69 Å². The third-order valence-electron chi connectivity index (χ3n) is 4.38. The van der Waals surface area contributed by atoms with Gasteiger partial charge in [-0.2, -0.15) is 0 Å². The number of nitrogens with one attached hydrogen (secondary N) is 1. The molecule has 0 aliphatic carbocycles. The van der Waals surface area contributed by atoms with Crippen molar-refractivity contribution < 1.29 is 4.79 Å². The molecule has 0 saturated carbocycles. The van der Waals surface area contributed by atoms with Gasteiger partial charge >= 0.3 is 0 Å². The Labute approximate surface area is 127 Å². The van der Waals surface area contributed by atoms with Gasteiger partial charge in [-0.15, -0.1) is 0 Å². The molecule has 1 aromatic rings. The first-order valence-electron chi connectivity index (χ1n) is 7.91. The molecule has 1 saturated heterocycles. The molecule has 21 heavy (non-hydrogen) atoms. The van der Waals surface area contributed by atoms with Crippen LogP contribution >= 0.6 is 0 Å². The van der Waals surface area contributed by atoms with E-state index >= 15 is 0 Å². The number of anilines is 1. The summed E-state index contributed by atoms with van der Waals surface area (Å²) in [5, 5.41) is 2.95. The minimum Gasteiger partial charge on any atom is -0.326 e. The Hall–Kier alpha value is -1.39. The molecule has 1 amide bonds. The first kappa shape index (κ1) is 16.0. The highest BCUT2D eigenvalue weighted by Crippen LogP contribution is 2.22. The van der Waals surface area contributed by atoms with Gasteiger partial charge in [-0.3, -0.25) is 4.79 Å². The molecule has 4 heteroatoms. The standard InChI is InChI=1S/C17H27N3O/c1-13-7-9-20(14(2)11-13)10-8-17(21)19-16-5-3-15(12-18)4-6-16/h3-6,13-14H,7-12,18H2,1-2H3,(H,19,21). The summed E-state index contributed by atoms with van der Waals surface area (Å²) < 4.78 is 0. The Morgan fingerprint density at radius 3 is 2.67 bits per heavy atom. The van der Waals surface area contributed by atoms with Crippen LogP contribution in [0.2, 0.25) is 0 Å². The van der Waals surface area contributed by atoms with Gasteiger partial charge in [-0.1, -0.05) is 19.1 Å². The Morgan fingerprint density at radius 1 is 1.33 bits per heavy atom. The molecule has 1 aliphatic rings. The van der Waals surface area contributed by atoms with Crippen molar-refractivity contribution in [2.24, 2.45) is 11.7 Å². The zero-order chi connectivity index (χ0) is 15.2. The number of hydrogen-bond donors (Lipinski definition) is 2. The fraction of sp³-hybridized carbons (Fsp3) is 0.588. The van der Waals surface area contributed by atoms with E-state index in [-0.39, 0.29) is 5.91 Å². The van der Waals surface area contributed by atoms with Crippen LogP contribution < -0.4 is 11.1 Å². The van der Waals surface area contributed by atoms with Crippen molar-refractivity contribution in [2.75, 3.05) is 18.4 Å². The van der Waals surface area contributed by atoms with E-state index < -0.39 is 0 Å². The predicted octanol–water partition coefficient (Wildman–Crippen LogP) is 2.59. The van der Waals surface area contributed by atoms with Gasteiger partial charge in [0.2, 0.25) is 5.91 Å². The highest BCUT2D eigenvalue weighted by Gasteiger charge is 2.22. The van der Waals surface area contributed by atoms with E-state index in [1.54, 1.807) is 0 Å². The van der Waals surface area contributed by atoms with Crippen LogP contribution in [0.15, 0.2) is 24.3 Å². The van der Waals surface area contributed by atoms with Gasteiger partial charge in [0, 0.05) is 31.2 Å². The van der Waals surface area contributed by atoms with Crippen LogP contribution in [-0.2, 0) is 11.3 Å². The molecule has 2 atom stereocenters. The van der Waals surface area contributed by atoms with Gasteiger partial charge in [0.05, 0.1) is 0 Å². The van der Waals surface area contributed by atoms with Crippen molar-refractivity contribution in [1.82, 2.24) is 4.90 Å². The third kappa shape index (κ3) is 4.83. The first-order chi connectivity index (χ1) is 10.1. The monoisotopic (exact) mass is 289 g/mol. The summed E-state index contributed by atoms with van der Waals surface area (Å²) in [7, 11) is 0. The van der Waals surface area contributed by atoms with Gasteiger partial charge in [0.15, 0.2) is 0 Å². The number of likely N-dealkylation sites (tertiary alicyclic amines) is 1. The maximum atomic E-state index is 12.0. The highest BCUT2D eigenvalue weighted by molar-refractivity contribution is 5.90. The summed E-state index contributed by atoms with van der Waals surface area (Å²) in [5.41, 5.74) is 7.48. The normalized spacial score (nSPS) is 23.0. The van der Waals surface area contributed by atoms with Crippen molar-refractivity contribution in [1.29, 1.82) is 0 Å². The van der Waals surface area contributed by atoms with Crippen LogP contribution in [0, 0.1) is 5.92 Å². The molecular weight excluding hydrogens is 262 g/mol. The largest absolute Gasteiger partial charge is 0.326 e. The van der Waals surface area contributed by atoms with Gasteiger partial charge in [-0.05, 0) is 49.9 Å². The maximum Gasteiger partial charge on any atom is 0.225 e.